The third-order valence-electron chi connectivity index (χ3n) is 4.33. The summed E-state index contributed by atoms with van der Waals surface area (Å²) in [7, 11) is -4.08. The van der Waals surface area contributed by atoms with Crippen molar-refractivity contribution in [2.75, 3.05) is 0 Å². The molecule has 0 radical (unpaired) electrons. The van der Waals surface area contributed by atoms with E-state index >= 15 is 0 Å². The first-order chi connectivity index (χ1) is 13.4. The zero-order valence-electron chi connectivity index (χ0n) is 15.8. The van der Waals surface area contributed by atoms with E-state index in [0.717, 1.165) is 16.3 Å². The normalized spacial score (nSPS) is 12.6. The molecule has 0 aliphatic rings. The van der Waals surface area contributed by atoms with E-state index in [-0.39, 0.29) is 11.3 Å². The van der Waals surface area contributed by atoms with Crippen LogP contribution in [0.2, 0.25) is 0 Å². The summed E-state index contributed by atoms with van der Waals surface area (Å²) >= 11 is 0. The molecule has 0 bridgehead atoms. The summed E-state index contributed by atoms with van der Waals surface area (Å²) in [6.45, 7) is 3.71. The van der Waals surface area contributed by atoms with Crippen molar-refractivity contribution in [1.29, 1.82) is 0 Å². The molecule has 0 amide bonds. The molecule has 0 fully saturated rings. The van der Waals surface area contributed by atoms with Gasteiger partial charge in [-0.1, -0.05) is 67.4 Å². The minimum absolute atomic E-state index is 0.0113. The maximum atomic E-state index is 12.7. The van der Waals surface area contributed by atoms with Crippen LogP contribution < -0.4 is 4.74 Å². The van der Waals surface area contributed by atoms with Crippen LogP contribution >= 0.6 is 0 Å². The summed E-state index contributed by atoms with van der Waals surface area (Å²) in [5, 5.41) is 1.70. The first-order valence-corrected chi connectivity index (χ1v) is 10.5. The van der Waals surface area contributed by atoms with Gasteiger partial charge in [-0.05, 0) is 36.9 Å². The van der Waals surface area contributed by atoms with Gasteiger partial charge in [0.05, 0.1) is 4.90 Å². The average Bonchev–Trinajstić information content (AvgIpc) is 2.68. The van der Waals surface area contributed by atoms with Crippen LogP contribution in [0.4, 0.5) is 0 Å². The third-order valence-corrected chi connectivity index (χ3v) is 5.66. The van der Waals surface area contributed by atoms with Crippen LogP contribution in [0.3, 0.4) is 0 Å². The lowest BCUT2D eigenvalue weighted by molar-refractivity contribution is -0.142. The number of carbonyl (C=O) groups is 1. The number of esters is 1. The molecule has 0 heterocycles. The van der Waals surface area contributed by atoms with Gasteiger partial charge in [0.2, 0.25) is 0 Å². The molecule has 6 heteroatoms. The Morgan fingerprint density at radius 3 is 2.36 bits per heavy atom. The Morgan fingerprint density at radius 1 is 0.964 bits per heavy atom. The third kappa shape index (κ3) is 4.58. The van der Waals surface area contributed by atoms with Crippen molar-refractivity contribution in [3.05, 3.63) is 72.3 Å². The lowest BCUT2D eigenvalue weighted by Crippen LogP contribution is -2.31. The highest BCUT2D eigenvalue weighted by Gasteiger charge is 2.29. The van der Waals surface area contributed by atoms with Gasteiger partial charge in [-0.15, -0.1) is 0 Å². The van der Waals surface area contributed by atoms with Crippen LogP contribution in [-0.2, 0) is 19.1 Å². The number of ether oxygens (including phenoxy) is 1. The van der Waals surface area contributed by atoms with Crippen molar-refractivity contribution in [2.45, 2.75) is 37.7 Å². The second kappa shape index (κ2) is 8.54. The molecule has 0 saturated carbocycles. The fourth-order valence-corrected chi connectivity index (χ4v) is 3.90. The standard InChI is InChI=1S/C22H22O5S/c1-3-7-21(27-28(24,25)18-14-12-16(2)13-15-18)22(23)26-20-11-6-9-17-8-4-5-10-19(17)20/h4-6,8-15,21H,3,7H2,1-2H3. The quantitative estimate of drug-likeness (QED) is 0.330. The molecule has 146 valence electrons. The first-order valence-electron chi connectivity index (χ1n) is 9.10. The van der Waals surface area contributed by atoms with Crippen LogP contribution in [-0.4, -0.2) is 20.5 Å². The highest BCUT2D eigenvalue weighted by atomic mass is 32.2. The van der Waals surface area contributed by atoms with E-state index in [0.29, 0.717) is 12.2 Å². The van der Waals surface area contributed by atoms with E-state index in [9.17, 15) is 13.2 Å². The van der Waals surface area contributed by atoms with Gasteiger partial charge < -0.3 is 4.74 Å². The maximum absolute atomic E-state index is 12.7. The number of hydrogen-bond donors (Lipinski definition) is 0. The van der Waals surface area contributed by atoms with Gasteiger partial charge in [-0.25, -0.2) is 4.79 Å². The molecule has 1 atom stereocenters. The highest BCUT2D eigenvalue weighted by Crippen LogP contribution is 2.26. The molecule has 3 rings (SSSR count). The van der Waals surface area contributed by atoms with Gasteiger partial charge in [-0.2, -0.15) is 8.42 Å². The fourth-order valence-electron chi connectivity index (χ4n) is 2.84. The van der Waals surface area contributed by atoms with E-state index in [2.05, 4.69) is 0 Å². The molecule has 0 aliphatic heterocycles. The Kier molecular flexibility index (Phi) is 6.11. The predicted octanol–water partition coefficient (Wildman–Crippen LogP) is 4.63. The summed E-state index contributed by atoms with van der Waals surface area (Å²) in [6.07, 6.45) is -0.414. The van der Waals surface area contributed by atoms with Gasteiger partial charge in [0, 0.05) is 5.39 Å². The van der Waals surface area contributed by atoms with Crippen molar-refractivity contribution in [3.8, 4) is 5.75 Å². The number of hydrogen-bond acceptors (Lipinski definition) is 5. The largest absolute Gasteiger partial charge is 0.424 e. The summed E-state index contributed by atoms with van der Waals surface area (Å²) in [6, 6.07) is 19.2. The number of carbonyl (C=O) groups excluding carboxylic acids is 1. The van der Waals surface area contributed by atoms with Crippen molar-refractivity contribution in [1.82, 2.24) is 0 Å². The molecule has 0 aliphatic carbocycles. The molecule has 0 aromatic heterocycles. The summed E-state index contributed by atoms with van der Waals surface area (Å²) in [5.41, 5.74) is 0.930. The van der Waals surface area contributed by atoms with Crippen LogP contribution in [0.25, 0.3) is 10.8 Å². The van der Waals surface area contributed by atoms with Gasteiger partial charge in [-0.3, -0.25) is 4.18 Å². The Balaban J connectivity index is 1.83. The lowest BCUT2D eigenvalue weighted by Gasteiger charge is -2.16. The minimum atomic E-state index is -4.08. The van der Waals surface area contributed by atoms with Crippen LogP contribution in [0.1, 0.15) is 25.3 Å². The number of aryl methyl sites for hydroxylation is 1. The predicted molar refractivity (Wildman–Crippen MR) is 108 cm³/mol. The molecule has 0 saturated heterocycles. The minimum Gasteiger partial charge on any atom is -0.424 e. The SMILES string of the molecule is CCCC(OS(=O)(=O)c1ccc(C)cc1)C(=O)Oc1cccc2ccccc12. The molecular formula is C22H22O5S. The van der Waals surface area contributed by atoms with E-state index in [1.54, 1.807) is 24.3 Å². The fraction of sp³-hybridized carbons (Fsp3) is 0.227. The zero-order valence-corrected chi connectivity index (χ0v) is 16.6. The van der Waals surface area contributed by atoms with E-state index in [1.807, 2.05) is 44.2 Å². The maximum Gasteiger partial charge on any atom is 0.342 e. The van der Waals surface area contributed by atoms with Crippen molar-refractivity contribution in [2.24, 2.45) is 0 Å². The van der Waals surface area contributed by atoms with Crippen LogP contribution in [0.15, 0.2) is 71.6 Å². The van der Waals surface area contributed by atoms with Crippen LogP contribution in [0, 0.1) is 6.92 Å². The Hall–Kier alpha value is -2.70. The average molecular weight is 398 g/mol. The number of rotatable bonds is 7. The van der Waals surface area contributed by atoms with Gasteiger partial charge in [0.15, 0.2) is 6.10 Å². The van der Waals surface area contributed by atoms with Gasteiger partial charge >= 0.3 is 5.97 Å². The van der Waals surface area contributed by atoms with E-state index in [1.165, 1.54) is 12.1 Å². The van der Waals surface area contributed by atoms with Gasteiger partial charge in [0.1, 0.15) is 5.75 Å². The molecule has 5 nitrogen and oxygen atoms in total. The molecule has 0 spiro atoms. The lowest BCUT2D eigenvalue weighted by atomic mass is 10.1. The Bertz CT molecular complexity index is 1070. The van der Waals surface area contributed by atoms with Crippen molar-refractivity contribution < 1.29 is 22.1 Å². The first kappa shape index (κ1) is 20.0. The smallest absolute Gasteiger partial charge is 0.342 e. The van der Waals surface area contributed by atoms with E-state index < -0.39 is 22.2 Å². The Morgan fingerprint density at radius 2 is 1.64 bits per heavy atom. The number of fused-ring (bicyclic) bond motifs is 1. The van der Waals surface area contributed by atoms with Crippen LogP contribution in [0.5, 0.6) is 5.75 Å². The highest BCUT2D eigenvalue weighted by molar-refractivity contribution is 7.86. The second-order valence-corrected chi connectivity index (χ2v) is 8.11. The number of benzene rings is 3. The second-order valence-electron chi connectivity index (χ2n) is 6.54. The molecule has 3 aromatic rings. The van der Waals surface area contributed by atoms with E-state index in [4.69, 9.17) is 8.92 Å². The zero-order chi connectivity index (χ0) is 20.1. The Labute approximate surface area is 165 Å². The molecule has 1 unspecified atom stereocenters. The van der Waals surface area contributed by atoms with Gasteiger partial charge in [0.25, 0.3) is 10.1 Å². The summed E-state index contributed by atoms with van der Waals surface area (Å²) in [4.78, 5) is 12.7. The topological polar surface area (TPSA) is 69.7 Å². The summed E-state index contributed by atoms with van der Waals surface area (Å²) < 4.78 is 35.9. The summed E-state index contributed by atoms with van der Waals surface area (Å²) in [5.74, 6) is -0.352. The monoisotopic (exact) mass is 398 g/mol. The molecule has 0 N–H and O–H groups in total. The van der Waals surface area contributed by atoms with Crippen molar-refractivity contribution in [3.63, 3.8) is 0 Å². The molecular weight excluding hydrogens is 376 g/mol. The molecule has 28 heavy (non-hydrogen) atoms. The van der Waals surface area contributed by atoms with Crippen molar-refractivity contribution >= 4 is 26.9 Å². The molecule has 3 aromatic carbocycles.